The van der Waals surface area contributed by atoms with Crippen molar-refractivity contribution in [2.45, 2.75) is 18.0 Å². The van der Waals surface area contributed by atoms with Crippen molar-refractivity contribution in [3.8, 4) is 6.01 Å². The molecule has 0 spiro atoms. The first-order valence-corrected chi connectivity index (χ1v) is 8.54. The zero-order valence-electron chi connectivity index (χ0n) is 12.7. The Morgan fingerprint density at radius 3 is 2.75 bits per heavy atom. The molecule has 4 rings (SSSR count). The van der Waals surface area contributed by atoms with Gasteiger partial charge >= 0.3 is 6.01 Å². The van der Waals surface area contributed by atoms with E-state index in [1.54, 1.807) is 29.0 Å². The third-order valence-corrected chi connectivity index (χ3v) is 5.16. The SMILES string of the molecule is [O-][S+]1c2ccccc2CN1c1ccnc(OCc2ccncc2)n1. The molecule has 0 bridgehead atoms. The minimum Gasteiger partial charge on any atom is -0.588 e. The number of hydrogen-bond donors (Lipinski definition) is 0. The van der Waals surface area contributed by atoms with Crippen molar-refractivity contribution in [1.82, 2.24) is 15.0 Å². The molecule has 0 radical (unpaired) electrons. The highest BCUT2D eigenvalue weighted by Gasteiger charge is 2.35. The first kappa shape index (κ1) is 14.9. The fraction of sp³-hybridized carbons (Fsp3) is 0.118. The zero-order valence-corrected chi connectivity index (χ0v) is 13.5. The Morgan fingerprint density at radius 1 is 1.08 bits per heavy atom. The highest BCUT2D eigenvalue weighted by atomic mass is 32.2. The molecule has 120 valence electrons. The van der Waals surface area contributed by atoms with Crippen molar-refractivity contribution in [2.75, 3.05) is 4.31 Å². The highest BCUT2D eigenvalue weighted by molar-refractivity contribution is 7.93. The molecule has 0 aliphatic carbocycles. The number of aromatic nitrogens is 3. The molecule has 1 aromatic carbocycles. The van der Waals surface area contributed by atoms with Gasteiger partial charge in [0, 0.05) is 30.2 Å². The van der Waals surface area contributed by atoms with Gasteiger partial charge < -0.3 is 9.29 Å². The van der Waals surface area contributed by atoms with Crippen LogP contribution in [0.25, 0.3) is 0 Å². The number of anilines is 1. The molecule has 1 unspecified atom stereocenters. The quantitative estimate of drug-likeness (QED) is 0.681. The Morgan fingerprint density at radius 2 is 1.92 bits per heavy atom. The van der Waals surface area contributed by atoms with Crippen molar-refractivity contribution < 1.29 is 9.29 Å². The van der Waals surface area contributed by atoms with Crippen molar-refractivity contribution in [3.63, 3.8) is 0 Å². The van der Waals surface area contributed by atoms with Gasteiger partial charge in [-0.15, -0.1) is 0 Å². The van der Waals surface area contributed by atoms with Crippen molar-refractivity contribution in [1.29, 1.82) is 0 Å². The topological polar surface area (TPSA) is 74.2 Å². The van der Waals surface area contributed by atoms with E-state index < -0.39 is 11.4 Å². The number of hydrogen-bond acceptors (Lipinski definition) is 6. The van der Waals surface area contributed by atoms with Crippen molar-refractivity contribution in [3.05, 3.63) is 72.2 Å². The molecular weight excluding hydrogens is 324 g/mol. The number of nitrogens with zero attached hydrogens (tertiary/aromatic N) is 4. The van der Waals surface area contributed by atoms with E-state index in [1.807, 2.05) is 36.4 Å². The van der Waals surface area contributed by atoms with Gasteiger partial charge in [0.1, 0.15) is 18.0 Å². The number of benzene rings is 1. The monoisotopic (exact) mass is 338 g/mol. The van der Waals surface area contributed by atoms with E-state index in [2.05, 4.69) is 15.0 Å². The fourth-order valence-electron chi connectivity index (χ4n) is 2.47. The molecule has 2 aromatic heterocycles. The Bertz CT molecular complexity index is 847. The van der Waals surface area contributed by atoms with Gasteiger partial charge in [-0.3, -0.25) is 4.98 Å². The van der Waals surface area contributed by atoms with Gasteiger partial charge in [-0.05, 0) is 23.8 Å². The average molecular weight is 338 g/mol. The third-order valence-electron chi connectivity index (χ3n) is 3.67. The second kappa shape index (κ2) is 6.46. The summed E-state index contributed by atoms with van der Waals surface area (Å²) >= 11 is -1.26. The molecule has 24 heavy (non-hydrogen) atoms. The van der Waals surface area contributed by atoms with Gasteiger partial charge in [0.2, 0.25) is 0 Å². The Labute approximate surface area is 142 Å². The van der Waals surface area contributed by atoms with Crippen molar-refractivity contribution in [2.24, 2.45) is 0 Å². The molecule has 0 saturated heterocycles. The average Bonchev–Trinajstić information content (AvgIpc) is 2.98. The molecule has 0 N–H and O–H groups in total. The maximum absolute atomic E-state index is 12.6. The second-order valence-corrected chi connectivity index (χ2v) is 6.61. The number of ether oxygens (including phenoxy) is 1. The standard InChI is InChI=1S/C17H14N4O2S/c22-24-15-4-2-1-3-14(15)11-21(24)16-7-10-19-17(20-16)23-12-13-5-8-18-9-6-13/h1-10H,11-12H2. The lowest BCUT2D eigenvalue weighted by Gasteiger charge is -2.17. The number of rotatable bonds is 4. The van der Waals surface area contributed by atoms with E-state index in [0.717, 1.165) is 16.0 Å². The van der Waals surface area contributed by atoms with Crippen LogP contribution in [0.1, 0.15) is 11.1 Å². The van der Waals surface area contributed by atoms with Gasteiger partial charge in [0.05, 0.1) is 6.54 Å². The zero-order chi connectivity index (χ0) is 16.4. The van der Waals surface area contributed by atoms with E-state index in [1.165, 1.54) is 0 Å². The molecule has 0 fully saturated rings. The molecule has 3 aromatic rings. The summed E-state index contributed by atoms with van der Waals surface area (Å²) in [5.41, 5.74) is 2.03. The molecule has 6 nitrogen and oxygen atoms in total. The van der Waals surface area contributed by atoms with Crippen molar-refractivity contribution >= 4 is 17.2 Å². The van der Waals surface area contributed by atoms with Crippen LogP contribution >= 0.6 is 0 Å². The first-order chi connectivity index (χ1) is 11.8. The molecule has 1 atom stereocenters. The van der Waals surface area contributed by atoms with Gasteiger partial charge in [-0.2, -0.15) is 9.29 Å². The normalized spacial score (nSPS) is 16.0. The summed E-state index contributed by atoms with van der Waals surface area (Å²) in [7, 11) is 0. The van der Waals surface area contributed by atoms with Gasteiger partial charge in [-0.1, -0.05) is 18.2 Å². The van der Waals surface area contributed by atoms with Crippen LogP contribution < -0.4 is 9.04 Å². The molecule has 3 heterocycles. The lowest BCUT2D eigenvalue weighted by atomic mass is 10.2. The van der Waals surface area contributed by atoms with Crippen LogP contribution in [0.15, 0.2) is 66.0 Å². The molecule has 0 saturated carbocycles. The van der Waals surface area contributed by atoms with E-state index in [4.69, 9.17) is 4.74 Å². The summed E-state index contributed by atoms with van der Waals surface area (Å²) in [5, 5.41) is 0. The minimum absolute atomic E-state index is 0.261. The van der Waals surface area contributed by atoms with Gasteiger partial charge in [-0.25, -0.2) is 4.98 Å². The lowest BCUT2D eigenvalue weighted by molar-refractivity contribution is 0.281. The maximum Gasteiger partial charge on any atom is 0.318 e. The van der Waals surface area contributed by atoms with E-state index in [9.17, 15) is 4.55 Å². The van der Waals surface area contributed by atoms with Crippen LogP contribution in [0.3, 0.4) is 0 Å². The Kier molecular flexibility index (Phi) is 4.02. The maximum atomic E-state index is 12.6. The Balaban J connectivity index is 1.51. The molecule has 1 aliphatic heterocycles. The molecule has 1 aliphatic rings. The number of pyridine rings is 1. The van der Waals surface area contributed by atoms with Crippen LogP contribution in [0.5, 0.6) is 6.01 Å². The smallest absolute Gasteiger partial charge is 0.318 e. The first-order valence-electron chi connectivity index (χ1n) is 7.43. The van der Waals surface area contributed by atoms with Gasteiger partial charge in [0.25, 0.3) is 0 Å². The predicted octanol–water partition coefficient (Wildman–Crippen LogP) is 2.49. The van der Waals surface area contributed by atoms with E-state index in [-0.39, 0.29) is 6.01 Å². The molecule has 7 heteroatoms. The summed E-state index contributed by atoms with van der Waals surface area (Å²) in [4.78, 5) is 13.3. The third kappa shape index (κ3) is 2.91. The predicted molar refractivity (Wildman–Crippen MR) is 89.6 cm³/mol. The second-order valence-electron chi connectivity index (χ2n) is 5.24. The molecule has 0 amide bonds. The summed E-state index contributed by atoms with van der Waals surface area (Å²) in [5.74, 6) is 0.587. The lowest BCUT2D eigenvalue weighted by Crippen LogP contribution is -2.24. The summed E-state index contributed by atoms with van der Waals surface area (Å²) < 4.78 is 20.0. The van der Waals surface area contributed by atoms with Crippen LogP contribution in [0.4, 0.5) is 5.82 Å². The van der Waals surface area contributed by atoms with Gasteiger partial charge in [0.15, 0.2) is 10.7 Å². The number of fused-ring (bicyclic) bond motifs is 1. The summed E-state index contributed by atoms with van der Waals surface area (Å²) in [6, 6.07) is 13.4. The molecular formula is C17H14N4O2S. The van der Waals surface area contributed by atoms with Crippen LogP contribution in [-0.4, -0.2) is 19.5 Å². The van der Waals surface area contributed by atoms with E-state index >= 15 is 0 Å². The minimum atomic E-state index is -1.26. The van der Waals surface area contributed by atoms with Crippen LogP contribution in [0, 0.1) is 0 Å². The summed E-state index contributed by atoms with van der Waals surface area (Å²) in [6.45, 7) is 0.916. The Hall–Kier alpha value is -2.64. The highest BCUT2D eigenvalue weighted by Crippen LogP contribution is 2.33. The van der Waals surface area contributed by atoms with Crippen LogP contribution in [0.2, 0.25) is 0 Å². The largest absolute Gasteiger partial charge is 0.588 e. The fourth-order valence-corrected chi connectivity index (χ4v) is 3.79. The summed E-state index contributed by atoms with van der Waals surface area (Å²) in [6.07, 6.45) is 5.03. The van der Waals surface area contributed by atoms with Crippen LogP contribution in [-0.2, 0) is 24.5 Å². The van der Waals surface area contributed by atoms with E-state index in [0.29, 0.717) is 19.0 Å².